The zero-order valence-corrected chi connectivity index (χ0v) is 11.1. The van der Waals surface area contributed by atoms with Crippen molar-refractivity contribution in [2.45, 2.75) is 27.2 Å². The van der Waals surface area contributed by atoms with Crippen molar-refractivity contribution in [3.63, 3.8) is 0 Å². The fraction of sp³-hybridized carbons (Fsp3) is 0.615. The van der Waals surface area contributed by atoms with Crippen LogP contribution in [-0.2, 0) is 0 Å². The van der Waals surface area contributed by atoms with Gasteiger partial charge < -0.3 is 9.88 Å². The standard InChI is InChI=1S/C13H19N5/c1-8-4-9(2)6-18(5-8)13-11-12(14-7-15-13)17-10(3)16-11/h7-9H,4-6H2,1-3H3,(H,14,15,16,17). The molecule has 3 heterocycles. The summed E-state index contributed by atoms with van der Waals surface area (Å²) in [4.78, 5) is 18.7. The summed E-state index contributed by atoms with van der Waals surface area (Å²) in [6, 6.07) is 0. The van der Waals surface area contributed by atoms with E-state index in [-0.39, 0.29) is 0 Å². The summed E-state index contributed by atoms with van der Waals surface area (Å²) < 4.78 is 0. The summed E-state index contributed by atoms with van der Waals surface area (Å²) >= 11 is 0. The topological polar surface area (TPSA) is 57.7 Å². The van der Waals surface area contributed by atoms with Gasteiger partial charge in [0, 0.05) is 13.1 Å². The zero-order valence-electron chi connectivity index (χ0n) is 11.1. The predicted octanol–water partition coefficient (Wildman–Crippen LogP) is 2.14. The summed E-state index contributed by atoms with van der Waals surface area (Å²) in [5.74, 6) is 3.31. The molecule has 2 unspecified atom stereocenters. The van der Waals surface area contributed by atoms with Crippen LogP contribution in [0.25, 0.3) is 11.2 Å². The molecule has 3 rings (SSSR count). The van der Waals surface area contributed by atoms with Crippen molar-refractivity contribution >= 4 is 17.0 Å². The van der Waals surface area contributed by atoms with Crippen LogP contribution in [0, 0.1) is 18.8 Å². The second-order valence-corrected chi connectivity index (χ2v) is 5.57. The molecule has 2 atom stereocenters. The lowest BCUT2D eigenvalue weighted by Crippen LogP contribution is -2.39. The first kappa shape index (κ1) is 11.4. The number of anilines is 1. The molecule has 1 fully saturated rings. The first-order chi connectivity index (χ1) is 8.63. The molecule has 96 valence electrons. The molecule has 1 saturated heterocycles. The van der Waals surface area contributed by atoms with Crippen LogP contribution in [-0.4, -0.2) is 33.0 Å². The quantitative estimate of drug-likeness (QED) is 0.836. The van der Waals surface area contributed by atoms with Crippen molar-refractivity contribution < 1.29 is 0 Å². The molecular weight excluding hydrogens is 226 g/mol. The Morgan fingerprint density at radius 2 is 1.94 bits per heavy atom. The fourth-order valence-corrected chi connectivity index (χ4v) is 3.01. The number of H-pyrrole nitrogens is 1. The van der Waals surface area contributed by atoms with E-state index in [0.717, 1.165) is 35.9 Å². The third-order valence-corrected chi connectivity index (χ3v) is 3.56. The number of hydrogen-bond acceptors (Lipinski definition) is 4. The van der Waals surface area contributed by atoms with Crippen molar-refractivity contribution in [2.75, 3.05) is 18.0 Å². The van der Waals surface area contributed by atoms with E-state index >= 15 is 0 Å². The van der Waals surface area contributed by atoms with Gasteiger partial charge in [0.05, 0.1) is 0 Å². The summed E-state index contributed by atoms with van der Waals surface area (Å²) in [5.41, 5.74) is 1.74. The lowest BCUT2D eigenvalue weighted by atomic mass is 9.92. The van der Waals surface area contributed by atoms with Gasteiger partial charge in [-0.15, -0.1) is 0 Å². The van der Waals surface area contributed by atoms with Crippen molar-refractivity contribution in [3.05, 3.63) is 12.2 Å². The van der Waals surface area contributed by atoms with E-state index in [1.807, 2.05) is 6.92 Å². The van der Waals surface area contributed by atoms with E-state index < -0.39 is 0 Å². The third-order valence-electron chi connectivity index (χ3n) is 3.56. The molecule has 18 heavy (non-hydrogen) atoms. The van der Waals surface area contributed by atoms with E-state index in [9.17, 15) is 0 Å². The number of aromatic nitrogens is 4. The van der Waals surface area contributed by atoms with E-state index in [1.165, 1.54) is 6.42 Å². The number of piperidine rings is 1. The number of aromatic amines is 1. The molecule has 5 nitrogen and oxygen atoms in total. The van der Waals surface area contributed by atoms with E-state index in [4.69, 9.17) is 0 Å². The third kappa shape index (κ3) is 1.94. The van der Waals surface area contributed by atoms with Gasteiger partial charge in [-0.05, 0) is 25.2 Å². The molecule has 0 aliphatic carbocycles. The highest BCUT2D eigenvalue weighted by Gasteiger charge is 2.24. The number of hydrogen-bond donors (Lipinski definition) is 1. The van der Waals surface area contributed by atoms with E-state index in [0.29, 0.717) is 11.8 Å². The van der Waals surface area contributed by atoms with E-state index in [1.54, 1.807) is 6.33 Å². The van der Waals surface area contributed by atoms with Crippen LogP contribution in [0.3, 0.4) is 0 Å². The number of nitrogens with zero attached hydrogens (tertiary/aromatic N) is 4. The largest absolute Gasteiger partial charge is 0.354 e. The average molecular weight is 245 g/mol. The maximum atomic E-state index is 4.46. The number of imidazole rings is 1. The predicted molar refractivity (Wildman–Crippen MR) is 71.6 cm³/mol. The maximum Gasteiger partial charge on any atom is 0.183 e. The first-order valence-electron chi connectivity index (χ1n) is 6.55. The second kappa shape index (κ2) is 4.23. The minimum absolute atomic E-state index is 0.711. The van der Waals surface area contributed by atoms with Gasteiger partial charge in [0.25, 0.3) is 0 Å². The molecule has 0 amide bonds. The maximum absolute atomic E-state index is 4.46. The Kier molecular flexibility index (Phi) is 2.69. The molecule has 1 aliphatic rings. The van der Waals surface area contributed by atoms with Crippen molar-refractivity contribution in [1.82, 2.24) is 19.9 Å². The first-order valence-corrected chi connectivity index (χ1v) is 6.55. The van der Waals surface area contributed by atoms with Gasteiger partial charge >= 0.3 is 0 Å². The van der Waals surface area contributed by atoms with Crippen LogP contribution < -0.4 is 4.90 Å². The van der Waals surface area contributed by atoms with Gasteiger partial charge in [-0.3, -0.25) is 0 Å². The van der Waals surface area contributed by atoms with Gasteiger partial charge in [0.1, 0.15) is 17.7 Å². The molecule has 0 radical (unpaired) electrons. The minimum atomic E-state index is 0.711. The fourth-order valence-electron chi connectivity index (χ4n) is 3.01. The number of aryl methyl sites for hydroxylation is 1. The Labute approximate surface area is 107 Å². The summed E-state index contributed by atoms with van der Waals surface area (Å²) in [5, 5.41) is 0. The minimum Gasteiger partial charge on any atom is -0.354 e. The van der Waals surface area contributed by atoms with Crippen LogP contribution in [0.15, 0.2) is 6.33 Å². The summed E-state index contributed by atoms with van der Waals surface area (Å²) in [6.45, 7) is 8.69. The molecule has 0 bridgehead atoms. The Bertz CT molecular complexity index is 552. The van der Waals surface area contributed by atoms with Crippen molar-refractivity contribution in [1.29, 1.82) is 0 Å². The SMILES string of the molecule is Cc1nc2ncnc(N3CC(C)CC(C)C3)c2[nH]1. The monoisotopic (exact) mass is 245 g/mol. The normalized spacial score (nSPS) is 24.7. The Hall–Kier alpha value is -1.65. The molecule has 0 spiro atoms. The Balaban J connectivity index is 2.02. The Morgan fingerprint density at radius 3 is 2.67 bits per heavy atom. The second-order valence-electron chi connectivity index (χ2n) is 5.57. The number of fused-ring (bicyclic) bond motifs is 1. The van der Waals surface area contributed by atoms with Gasteiger partial charge in [0.15, 0.2) is 11.5 Å². The molecule has 2 aromatic heterocycles. The van der Waals surface area contributed by atoms with Crippen LogP contribution in [0.2, 0.25) is 0 Å². The van der Waals surface area contributed by atoms with Gasteiger partial charge in [-0.2, -0.15) is 0 Å². The average Bonchev–Trinajstić information content (AvgIpc) is 2.67. The van der Waals surface area contributed by atoms with Crippen molar-refractivity contribution in [3.8, 4) is 0 Å². The zero-order chi connectivity index (χ0) is 12.7. The smallest absolute Gasteiger partial charge is 0.183 e. The van der Waals surface area contributed by atoms with E-state index in [2.05, 4.69) is 38.7 Å². The van der Waals surface area contributed by atoms with Crippen LogP contribution >= 0.6 is 0 Å². The lowest BCUT2D eigenvalue weighted by molar-refractivity contribution is 0.355. The summed E-state index contributed by atoms with van der Waals surface area (Å²) in [7, 11) is 0. The number of nitrogens with one attached hydrogen (secondary N) is 1. The highest BCUT2D eigenvalue weighted by molar-refractivity contribution is 5.83. The van der Waals surface area contributed by atoms with Crippen LogP contribution in [0.5, 0.6) is 0 Å². The molecule has 0 saturated carbocycles. The molecule has 1 aliphatic heterocycles. The highest BCUT2D eigenvalue weighted by atomic mass is 15.2. The van der Waals surface area contributed by atoms with Crippen LogP contribution in [0.1, 0.15) is 26.1 Å². The number of rotatable bonds is 1. The molecule has 5 heteroatoms. The molecular formula is C13H19N5. The molecule has 2 aromatic rings. The van der Waals surface area contributed by atoms with Gasteiger partial charge in [-0.1, -0.05) is 13.8 Å². The molecule has 0 aromatic carbocycles. The lowest BCUT2D eigenvalue weighted by Gasteiger charge is -2.35. The highest BCUT2D eigenvalue weighted by Crippen LogP contribution is 2.28. The van der Waals surface area contributed by atoms with Crippen molar-refractivity contribution in [2.24, 2.45) is 11.8 Å². The summed E-state index contributed by atoms with van der Waals surface area (Å²) in [6.07, 6.45) is 2.91. The Morgan fingerprint density at radius 1 is 1.22 bits per heavy atom. The van der Waals surface area contributed by atoms with Gasteiger partial charge in [0.2, 0.25) is 0 Å². The van der Waals surface area contributed by atoms with Gasteiger partial charge in [-0.25, -0.2) is 15.0 Å². The van der Waals surface area contributed by atoms with Crippen LogP contribution in [0.4, 0.5) is 5.82 Å². The molecule has 1 N–H and O–H groups in total.